The van der Waals surface area contributed by atoms with Crippen LogP contribution in [0.4, 0.5) is 11.4 Å². The molecule has 152 valence electrons. The van der Waals surface area contributed by atoms with Crippen LogP contribution in [0.2, 0.25) is 5.02 Å². The van der Waals surface area contributed by atoms with Crippen LogP contribution in [-0.4, -0.2) is 43.0 Å². The number of rotatable bonds is 6. The molecule has 1 aliphatic heterocycles. The summed E-state index contributed by atoms with van der Waals surface area (Å²) < 4.78 is 27.4. The Morgan fingerprint density at radius 2 is 1.76 bits per heavy atom. The van der Waals surface area contributed by atoms with E-state index in [-0.39, 0.29) is 40.0 Å². The van der Waals surface area contributed by atoms with Gasteiger partial charge in [-0.1, -0.05) is 11.6 Å². The normalized spacial score (nSPS) is 16.7. The van der Waals surface area contributed by atoms with Gasteiger partial charge in [0.1, 0.15) is 0 Å². The highest BCUT2D eigenvalue weighted by atomic mass is 35.5. The van der Waals surface area contributed by atoms with E-state index in [1.54, 1.807) is 0 Å². The monoisotopic (exact) mass is 438 g/mol. The zero-order valence-corrected chi connectivity index (χ0v) is 16.3. The number of aliphatic carboxylic acids is 1. The Bertz CT molecular complexity index is 1100. The largest absolute Gasteiger partial charge is 0.481 e. The van der Waals surface area contributed by atoms with Crippen molar-refractivity contribution in [2.24, 2.45) is 5.92 Å². The number of carboxylic acids is 2. The van der Waals surface area contributed by atoms with Gasteiger partial charge in [-0.3, -0.25) is 14.3 Å². The number of hydrogen-bond acceptors (Lipinski definition) is 5. The zero-order valence-electron chi connectivity index (χ0n) is 14.7. The highest BCUT2D eigenvalue weighted by Crippen LogP contribution is 2.27. The second-order valence-corrected chi connectivity index (χ2v) is 8.43. The fourth-order valence-corrected chi connectivity index (χ4v) is 4.14. The SMILES string of the molecule is O=C(O)c1cc(NS(=O)(=O)c2ccc(N3CC(C(=O)O)CC3=O)cc2)ccc1Cl. The first-order valence-electron chi connectivity index (χ1n) is 8.27. The van der Waals surface area contributed by atoms with Gasteiger partial charge in [0.15, 0.2) is 0 Å². The van der Waals surface area contributed by atoms with E-state index in [2.05, 4.69) is 4.72 Å². The summed E-state index contributed by atoms with van der Waals surface area (Å²) in [6, 6.07) is 9.05. The maximum absolute atomic E-state index is 12.6. The van der Waals surface area contributed by atoms with Crippen LogP contribution >= 0.6 is 11.6 Å². The van der Waals surface area contributed by atoms with Crippen molar-refractivity contribution in [1.29, 1.82) is 0 Å². The number of carbonyl (C=O) groups is 3. The summed E-state index contributed by atoms with van der Waals surface area (Å²) in [5.74, 6) is -3.52. The van der Waals surface area contributed by atoms with Crippen molar-refractivity contribution in [2.75, 3.05) is 16.2 Å². The molecule has 0 aromatic heterocycles. The second-order valence-electron chi connectivity index (χ2n) is 6.34. The molecule has 1 amide bonds. The molecule has 0 radical (unpaired) electrons. The molecule has 1 atom stereocenters. The fraction of sp³-hybridized carbons (Fsp3) is 0.167. The zero-order chi connectivity index (χ0) is 21.3. The Morgan fingerprint density at radius 1 is 1.10 bits per heavy atom. The Kier molecular flexibility index (Phi) is 5.49. The van der Waals surface area contributed by atoms with Gasteiger partial charge in [0.05, 0.1) is 21.4 Å². The highest BCUT2D eigenvalue weighted by Gasteiger charge is 2.35. The van der Waals surface area contributed by atoms with E-state index in [9.17, 15) is 22.8 Å². The summed E-state index contributed by atoms with van der Waals surface area (Å²) in [6.45, 7) is 0.0151. The Labute approximate surface area is 170 Å². The molecule has 1 fully saturated rings. The first-order chi connectivity index (χ1) is 13.6. The average molecular weight is 439 g/mol. The highest BCUT2D eigenvalue weighted by molar-refractivity contribution is 7.92. The fourth-order valence-electron chi connectivity index (χ4n) is 2.89. The maximum Gasteiger partial charge on any atom is 0.337 e. The molecule has 0 spiro atoms. The summed E-state index contributed by atoms with van der Waals surface area (Å²) >= 11 is 5.77. The van der Waals surface area contributed by atoms with E-state index in [4.69, 9.17) is 21.8 Å². The van der Waals surface area contributed by atoms with Gasteiger partial charge in [-0.05, 0) is 42.5 Å². The predicted octanol–water partition coefficient (Wildman–Crippen LogP) is 2.28. The number of halogens is 1. The van der Waals surface area contributed by atoms with Crippen LogP contribution in [0.15, 0.2) is 47.4 Å². The van der Waals surface area contributed by atoms with E-state index in [1.165, 1.54) is 41.3 Å². The molecule has 2 aromatic carbocycles. The number of carbonyl (C=O) groups excluding carboxylic acids is 1. The molecule has 0 saturated carbocycles. The van der Waals surface area contributed by atoms with Crippen LogP contribution in [0.25, 0.3) is 0 Å². The number of hydrogen-bond donors (Lipinski definition) is 3. The number of aromatic carboxylic acids is 1. The van der Waals surface area contributed by atoms with Crippen LogP contribution in [0.5, 0.6) is 0 Å². The number of nitrogens with one attached hydrogen (secondary N) is 1. The van der Waals surface area contributed by atoms with Crippen LogP contribution in [-0.2, 0) is 19.6 Å². The number of anilines is 2. The Balaban J connectivity index is 1.80. The summed E-state index contributed by atoms with van der Waals surface area (Å²) in [6.07, 6.45) is -0.112. The van der Waals surface area contributed by atoms with Crippen molar-refractivity contribution >= 4 is 50.8 Å². The lowest BCUT2D eigenvalue weighted by Gasteiger charge is -2.17. The van der Waals surface area contributed by atoms with Crippen LogP contribution < -0.4 is 9.62 Å². The minimum absolute atomic E-state index is 0.0151. The van der Waals surface area contributed by atoms with Gasteiger partial charge in [-0.15, -0.1) is 0 Å². The van der Waals surface area contributed by atoms with Crippen LogP contribution in [0.3, 0.4) is 0 Å². The van der Waals surface area contributed by atoms with Crippen molar-refractivity contribution in [3.05, 3.63) is 53.1 Å². The third-order valence-electron chi connectivity index (χ3n) is 4.38. The molecule has 3 rings (SSSR count). The molecule has 9 nitrogen and oxygen atoms in total. The van der Waals surface area contributed by atoms with Crippen molar-refractivity contribution in [1.82, 2.24) is 0 Å². The minimum Gasteiger partial charge on any atom is -0.481 e. The third-order valence-corrected chi connectivity index (χ3v) is 6.11. The summed E-state index contributed by atoms with van der Waals surface area (Å²) in [5.41, 5.74) is 0.162. The number of nitrogens with zero attached hydrogens (tertiary/aromatic N) is 1. The first-order valence-corrected chi connectivity index (χ1v) is 10.1. The van der Waals surface area contributed by atoms with E-state index in [1.807, 2.05) is 0 Å². The average Bonchev–Trinajstić information content (AvgIpc) is 3.05. The second kappa shape index (κ2) is 7.72. The lowest BCUT2D eigenvalue weighted by Crippen LogP contribution is -2.25. The van der Waals surface area contributed by atoms with Crippen LogP contribution in [0.1, 0.15) is 16.8 Å². The van der Waals surface area contributed by atoms with E-state index in [0.717, 1.165) is 6.07 Å². The van der Waals surface area contributed by atoms with Crippen molar-refractivity contribution in [3.63, 3.8) is 0 Å². The van der Waals surface area contributed by atoms with Gasteiger partial charge < -0.3 is 15.1 Å². The lowest BCUT2D eigenvalue weighted by molar-refractivity contribution is -0.141. The molecule has 11 heteroatoms. The molecule has 1 saturated heterocycles. The molecule has 0 bridgehead atoms. The quantitative estimate of drug-likeness (QED) is 0.628. The standard InChI is InChI=1S/C18H15ClN2O7S/c19-15-6-1-11(8-14(15)18(25)26)20-29(27,28)13-4-2-12(3-5-13)21-9-10(17(23)24)7-16(21)22/h1-6,8,10,20H,7,9H2,(H,23,24)(H,25,26). The van der Waals surface area contributed by atoms with E-state index < -0.39 is 27.9 Å². The van der Waals surface area contributed by atoms with Gasteiger partial charge in [0, 0.05) is 24.3 Å². The molecule has 0 aliphatic carbocycles. The van der Waals surface area contributed by atoms with Crippen LogP contribution in [0, 0.1) is 5.92 Å². The molecule has 1 aliphatic rings. The molecule has 3 N–H and O–H groups in total. The van der Waals surface area contributed by atoms with Gasteiger partial charge in [-0.25, -0.2) is 13.2 Å². The number of carboxylic acid groups (broad SMARTS) is 2. The summed E-state index contributed by atoms with van der Waals surface area (Å²) in [5, 5.41) is 18.1. The molecule has 2 aromatic rings. The molecule has 1 heterocycles. The Morgan fingerprint density at radius 3 is 2.31 bits per heavy atom. The molecular formula is C18H15ClN2O7S. The number of amides is 1. The van der Waals surface area contributed by atoms with Gasteiger partial charge >= 0.3 is 11.9 Å². The van der Waals surface area contributed by atoms with Crippen molar-refractivity contribution in [3.8, 4) is 0 Å². The van der Waals surface area contributed by atoms with E-state index in [0.29, 0.717) is 5.69 Å². The molecule has 29 heavy (non-hydrogen) atoms. The van der Waals surface area contributed by atoms with Gasteiger partial charge in [0.25, 0.3) is 10.0 Å². The topological polar surface area (TPSA) is 141 Å². The molecule has 1 unspecified atom stereocenters. The summed E-state index contributed by atoms with van der Waals surface area (Å²) in [4.78, 5) is 35.4. The Hall–Kier alpha value is -3.11. The lowest BCUT2D eigenvalue weighted by atomic mass is 10.1. The smallest absolute Gasteiger partial charge is 0.337 e. The minimum atomic E-state index is -4.03. The number of benzene rings is 2. The predicted molar refractivity (Wildman–Crippen MR) is 104 cm³/mol. The van der Waals surface area contributed by atoms with E-state index >= 15 is 0 Å². The first kappa shape index (κ1) is 20.6. The number of sulfonamides is 1. The molecular weight excluding hydrogens is 424 g/mol. The third kappa shape index (κ3) is 4.33. The maximum atomic E-state index is 12.6. The van der Waals surface area contributed by atoms with Gasteiger partial charge in [-0.2, -0.15) is 0 Å². The van der Waals surface area contributed by atoms with Gasteiger partial charge in [0.2, 0.25) is 5.91 Å². The van der Waals surface area contributed by atoms with Crippen molar-refractivity contribution in [2.45, 2.75) is 11.3 Å². The van der Waals surface area contributed by atoms with Crippen molar-refractivity contribution < 1.29 is 33.0 Å². The summed E-state index contributed by atoms with van der Waals surface area (Å²) in [7, 11) is -4.03.